The van der Waals surface area contributed by atoms with Crippen molar-refractivity contribution in [2.45, 2.75) is 18.9 Å². The molecule has 1 fully saturated rings. The van der Waals surface area contributed by atoms with Crippen LogP contribution in [-0.4, -0.2) is 40.5 Å². The Morgan fingerprint density at radius 3 is 2.70 bits per heavy atom. The number of fused-ring (bicyclic) bond motifs is 1. The molecule has 4 aromatic rings. The number of aromatic nitrogens is 2. The summed E-state index contributed by atoms with van der Waals surface area (Å²) in [6.45, 7) is 1.29. The van der Waals surface area contributed by atoms with Crippen LogP contribution in [0.5, 0.6) is 0 Å². The van der Waals surface area contributed by atoms with Gasteiger partial charge in [0.2, 0.25) is 5.91 Å². The molecule has 2 aromatic heterocycles. The largest absolute Gasteiger partial charge is 0.368 e. The van der Waals surface area contributed by atoms with E-state index in [0.717, 1.165) is 16.5 Å². The van der Waals surface area contributed by atoms with Gasteiger partial charge in [0.25, 0.3) is 0 Å². The zero-order chi connectivity index (χ0) is 22.8. The van der Waals surface area contributed by atoms with Crippen LogP contribution in [0.4, 0.5) is 8.78 Å². The molecule has 1 aliphatic heterocycles. The number of amides is 1. The second-order valence-corrected chi connectivity index (χ2v) is 8.17. The third kappa shape index (κ3) is 4.50. The first-order valence-corrected chi connectivity index (χ1v) is 10.9. The van der Waals surface area contributed by atoms with Gasteiger partial charge >= 0.3 is 0 Å². The van der Waals surface area contributed by atoms with Crippen LogP contribution in [0.2, 0.25) is 0 Å². The van der Waals surface area contributed by atoms with Crippen molar-refractivity contribution in [3.8, 4) is 0 Å². The first-order chi connectivity index (χ1) is 16.1. The molecule has 7 heteroatoms. The van der Waals surface area contributed by atoms with Gasteiger partial charge in [-0.15, -0.1) is 0 Å². The van der Waals surface area contributed by atoms with Crippen molar-refractivity contribution in [3.05, 3.63) is 101 Å². The molecule has 1 N–H and O–H groups in total. The highest BCUT2D eigenvalue weighted by Crippen LogP contribution is 2.24. The summed E-state index contributed by atoms with van der Waals surface area (Å²) in [6.07, 6.45) is 1.84. The Hall–Kier alpha value is -3.58. The molecule has 1 unspecified atom stereocenters. The third-order valence-corrected chi connectivity index (χ3v) is 6.01. The van der Waals surface area contributed by atoms with E-state index in [1.165, 1.54) is 18.2 Å². The van der Waals surface area contributed by atoms with E-state index in [2.05, 4.69) is 9.97 Å². The predicted molar refractivity (Wildman–Crippen MR) is 121 cm³/mol. The molecule has 1 amide bonds. The minimum Gasteiger partial charge on any atom is -0.368 e. The van der Waals surface area contributed by atoms with E-state index in [-0.39, 0.29) is 17.9 Å². The van der Waals surface area contributed by atoms with Crippen LogP contribution in [0.1, 0.15) is 28.6 Å². The third-order valence-electron chi connectivity index (χ3n) is 6.01. The topological polar surface area (TPSA) is 58.2 Å². The average Bonchev–Trinajstić information content (AvgIpc) is 3.24. The normalized spacial score (nSPS) is 16.3. The molecule has 1 aliphatic rings. The van der Waals surface area contributed by atoms with E-state index < -0.39 is 17.7 Å². The van der Waals surface area contributed by atoms with Gasteiger partial charge in [-0.05, 0) is 35.9 Å². The molecule has 1 saturated heterocycles. The quantitative estimate of drug-likeness (QED) is 0.488. The highest BCUT2D eigenvalue weighted by atomic mass is 19.1. The second-order valence-electron chi connectivity index (χ2n) is 8.17. The first-order valence-electron chi connectivity index (χ1n) is 10.9. The number of carbonyl (C=O) groups is 1. The zero-order valence-electron chi connectivity index (χ0n) is 17.9. The Balaban J connectivity index is 1.29. The summed E-state index contributed by atoms with van der Waals surface area (Å²) in [5.41, 5.74) is 3.15. The molecular weight excluding hydrogens is 424 g/mol. The molecule has 2 aromatic carbocycles. The molecule has 5 rings (SSSR count). The molecule has 0 bridgehead atoms. The van der Waals surface area contributed by atoms with Gasteiger partial charge in [-0.2, -0.15) is 0 Å². The smallest absolute Gasteiger partial charge is 0.227 e. The van der Waals surface area contributed by atoms with E-state index in [9.17, 15) is 13.6 Å². The Morgan fingerprint density at radius 1 is 1.06 bits per heavy atom. The number of nitrogens with zero attached hydrogens (tertiary/aromatic N) is 2. The van der Waals surface area contributed by atoms with Crippen molar-refractivity contribution in [2.24, 2.45) is 0 Å². The van der Waals surface area contributed by atoms with Crippen molar-refractivity contribution >= 4 is 16.8 Å². The van der Waals surface area contributed by atoms with Crippen molar-refractivity contribution in [3.63, 3.8) is 0 Å². The highest BCUT2D eigenvalue weighted by Gasteiger charge is 2.27. The number of aromatic amines is 1. The summed E-state index contributed by atoms with van der Waals surface area (Å²) in [7, 11) is 0. The molecule has 33 heavy (non-hydrogen) atoms. The standard InChI is InChI=1S/C26H23F2N3O2/c27-21-7-4-8-22(28)20(21)14-18-5-3-10-24(30-18)25-16-31(11-12-33-25)26(32)13-17-15-29-23-9-2-1-6-19(17)23/h1-10,15,25,29H,11-14,16H2. The van der Waals surface area contributed by atoms with Crippen LogP contribution in [0.3, 0.4) is 0 Å². The van der Waals surface area contributed by atoms with Gasteiger partial charge in [-0.25, -0.2) is 8.78 Å². The summed E-state index contributed by atoms with van der Waals surface area (Å²) < 4.78 is 34.0. The van der Waals surface area contributed by atoms with Crippen LogP contribution >= 0.6 is 0 Å². The number of hydrogen-bond acceptors (Lipinski definition) is 3. The van der Waals surface area contributed by atoms with Gasteiger partial charge in [-0.1, -0.05) is 30.3 Å². The van der Waals surface area contributed by atoms with E-state index in [1.54, 1.807) is 17.0 Å². The second kappa shape index (κ2) is 9.11. The lowest BCUT2D eigenvalue weighted by atomic mass is 10.1. The van der Waals surface area contributed by atoms with Gasteiger partial charge in [0.05, 0.1) is 25.3 Å². The Labute approximate surface area is 190 Å². The Morgan fingerprint density at radius 2 is 1.85 bits per heavy atom. The van der Waals surface area contributed by atoms with E-state index in [4.69, 9.17) is 4.74 Å². The lowest BCUT2D eigenvalue weighted by molar-refractivity contribution is -0.138. The van der Waals surface area contributed by atoms with Crippen molar-refractivity contribution in [1.82, 2.24) is 14.9 Å². The Kier molecular flexibility index (Phi) is 5.88. The summed E-state index contributed by atoms with van der Waals surface area (Å²) in [5.74, 6) is -1.16. The molecule has 0 saturated carbocycles. The number of benzene rings is 2. The van der Waals surface area contributed by atoms with Crippen LogP contribution in [0, 0.1) is 11.6 Å². The van der Waals surface area contributed by atoms with Crippen molar-refractivity contribution < 1.29 is 18.3 Å². The zero-order valence-corrected chi connectivity index (χ0v) is 17.9. The maximum Gasteiger partial charge on any atom is 0.227 e. The molecular formula is C26H23F2N3O2. The van der Waals surface area contributed by atoms with Crippen LogP contribution < -0.4 is 0 Å². The number of pyridine rings is 1. The number of H-pyrrole nitrogens is 1. The fourth-order valence-corrected chi connectivity index (χ4v) is 4.27. The van der Waals surface area contributed by atoms with Gasteiger partial charge in [0, 0.05) is 41.3 Å². The monoisotopic (exact) mass is 447 g/mol. The maximum absolute atomic E-state index is 14.0. The summed E-state index contributed by atoms with van der Waals surface area (Å²) in [5, 5.41) is 1.05. The number of hydrogen-bond donors (Lipinski definition) is 1. The average molecular weight is 447 g/mol. The molecule has 1 atom stereocenters. The molecule has 0 aliphatic carbocycles. The SMILES string of the molecule is O=C(Cc1c[nH]c2ccccc12)N1CCOC(c2cccc(Cc3c(F)cccc3F)n2)C1. The minimum atomic E-state index is -0.592. The number of morpholine rings is 1. The predicted octanol–water partition coefficient (Wildman–Crippen LogP) is 4.57. The fraction of sp³-hybridized carbons (Fsp3) is 0.231. The van der Waals surface area contributed by atoms with Gasteiger partial charge in [-0.3, -0.25) is 9.78 Å². The van der Waals surface area contributed by atoms with E-state index in [0.29, 0.717) is 37.5 Å². The van der Waals surface area contributed by atoms with Gasteiger partial charge in [0.1, 0.15) is 17.7 Å². The number of halogens is 2. The Bertz CT molecular complexity index is 1280. The molecule has 0 radical (unpaired) electrons. The summed E-state index contributed by atoms with van der Waals surface area (Å²) >= 11 is 0. The summed E-state index contributed by atoms with van der Waals surface area (Å²) in [4.78, 5) is 22.6. The van der Waals surface area contributed by atoms with Crippen molar-refractivity contribution in [2.75, 3.05) is 19.7 Å². The van der Waals surface area contributed by atoms with E-state index in [1.807, 2.05) is 36.5 Å². The molecule has 3 heterocycles. The number of nitrogens with one attached hydrogen (secondary N) is 1. The lowest BCUT2D eigenvalue weighted by Crippen LogP contribution is -2.43. The number of ether oxygens (including phenoxy) is 1. The number of rotatable bonds is 5. The number of para-hydroxylation sites is 1. The van der Waals surface area contributed by atoms with Gasteiger partial charge < -0.3 is 14.6 Å². The van der Waals surface area contributed by atoms with Crippen molar-refractivity contribution in [1.29, 1.82) is 0 Å². The minimum absolute atomic E-state index is 0.0118. The van der Waals surface area contributed by atoms with Gasteiger partial charge in [0.15, 0.2) is 0 Å². The highest BCUT2D eigenvalue weighted by molar-refractivity contribution is 5.88. The van der Waals surface area contributed by atoms with Crippen LogP contribution in [-0.2, 0) is 22.4 Å². The molecule has 5 nitrogen and oxygen atoms in total. The van der Waals surface area contributed by atoms with Crippen LogP contribution in [0.25, 0.3) is 10.9 Å². The maximum atomic E-state index is 14.0. The number of carbonyl (C=O) groups excluding carboxylic acids is 1. The fourth-order valence-electron chi connectivity index (χ4n) is 4.27. The molecule has 168 valence electrons. The summed E-state index contributed by atoms with van der Waals surface area (Å²) in [6, 6.07) is 17.1. The first kappa shape index (κ1) is 21.3. The molecule has 0 spiro atoms. The van der Waals surface area contributed by atoms with Crippen LogP contribution in [0.15, 0.2) is 66.9 Å². The lowest BCUT2D eigenvalue weighted by Gasteiger charge is -2.33. The van der Waals surface area contributed by atoms with E-state index >= 15 is 0 Å².